The molecule has 1 aromatic heterocycles. The number of benzene rings is 1. The van der Waals surface area contributed by atoms with E-state index < -0.39 is 0 Å². The minimum absolute atomic E-state index is 0.0745. The predicted molar refractivity (Wildman–Crippen MR) is 108 cm³/mol. The van der Waals surface area contributed by atoms with Gasteiger partial charge in [0.15, 0.2) is 5.96 Å². The molecule has 0 radical (unpaired) electrons. The zero-order chi connectivity index (χ0) is 19.2. The zero-order valence-electron chi connectivity index (χ0n) is 16.0. The van der Waals surface area contributed by atoms with Crippen LogP contribution in [0.5, 0.6) is 0 Å². The van der Waals surface area contributed by atoms with Crippen molar-refractivity contribution in [2.24, 2.45) is 4.99 Å². The molecule has 0 saturated carbocycles. The lowest BCUT2D eigenvalue weighted by molar-refractivity contribution is -0.130. The van der Waals surface area contributed by atoms with Crippen LogP contribution in [0, 0.1) is 0 Å². The second kappa shape index (κ2) is 8.94. The van der Waals surface area contributed by atoms with Gasteiger partial charge in [-0.1, -0.05) is 49.4 Å². The molecule has 1 aliphatic heterocycles. The number of hydrogen-bond acceptors (Lipinski definition) is 5. The Kier molecular flexibility index (Phi) is 6.39. The predicted octanol–water partition coefficient (Wildman–Crippen LogP) is 1.91. The van der Waals surface area contributed by atoms with Crippen molar-refractivity contribution in [3.8, 4) is 0 Å². The summed E-state index contributed by atoms with van der Waals surface area (Å²) < 4.78 is 0. The Morgan fingerprint density at radius 2 is 2.04 bits per heavy atom. The van der Waals surface area contributed by atoms with Crippen molar-refractivity contribution in [2.75, 3.05) is 20.1 Å². The summed E-state index contributed by atoms with van der Waals surface area (Å²) in [5.74, 6) is 1.04. The molecule has 1 aliphatic rings. The number of guanidine groups is 1. The number of aliphatic imine (C=N–C) groups is 1. The van der Waals surface area contributed by atoms with E-state index in [9.17, 15) is 4.79 Å². The summed E-state index contributed by atoms with van der Waals surface area (Å²) >= 11 is 1.59. The fourth-order valence-electron chi connectivity index (χ4n) is 2.93. The molecule has 0 fully saturated rings. The molecular weight excluding hydrogens is 360 g/mol. The second-order valence-electron chi connectivity index (χ2n) is 6.80. The molecule has 2 N–H and O–H groups in total. The highest BCUT2D eigenvalue weighted by Crippen LogP contribution is 2.19. The highest BCUT2D eigenvalue weighted by Gasteiger charge is 2.20. The molecule has 3 rings (SSSR count). The van der Waals surface area contributed by atoms with E-state index in [0.29, 0.717) is 25.0 Å². The summed E-state index contributed by atoms with van der Waals surface area (Å²) in [5.41, 5.74) is 2.57. The monoisotopic (exact) mass is 386 g/mol. The van der Waals surface area contributed by atoms with Crippen LogP contribution in [0.25, 0.3) is 0 Å². The van der Waals surface area contributed by atoms with Crippen molar-refractivity contribution in [1.29, 1.82) is 0 Å². The zero-order valence-corrected chi connectivity index (χ0v) is 16.8. The summed E-state index contributed by atoms with van der Waals surface area (Å²) in [4.78, 5) is 18.6. The van der Waals surface area contributed by atoms with Gasteiger partial charge < -0.3 is 15.5 Å². The third-order valence-corrected chi connectivity index (χ3v) is 5.72. The fourth-order valence-corrected chi connectivity index (χ4v) is 3.72. The number of carbonyl (C=O) groups excluding carboxylic acids is 1. The van der Waals surface area contributed by atoms with Crippen LogP contribution in [0.15, 0.2) is 29.3 Å². The van der Waals surface area contributed by atoms with Gasteiger partial charge in [0.25, 0.3) is 0 Å². The van der Waals surface area contributed by atoms with Gasteiger partial charge in [-0.25, -0.2) is 0 Å². The summed E-state index contributed by atoms with van der Waals surface area (Å²) in [6, 6.07) is 8.31. The third-order valence-electron chi connectivity index (χ3n) is 4.50. The first kappa shape index (κ1) is 19.3. The average molecular weight is 387 g/mol. The SMILES string of the molecule is CN=C(NCC(=O)N1CCc2ccccc2C1)NCc1nnc(C(C)C)s1. The third kappa shape index (κ3) is 5.03. The molecule has 0 bridgehead atoms. The van der Waals surface area contributed by atoms with E-state index >= 15 is 0 Å². The first-order valence-electron chi connectivity index (χ1n) is 9.18. The largest absolute Gasteiger partial charge is 0.350 e. The van der Waals surface area contributed by atoms with Crippen LogP contribution in [-0.4, -0.2) is 47.1 Å². The smallest absolute Gasteiger partial charge is 0.242 e. The van der Waals surface area contributed by atoms with Crippen LogP contribution in [0.1, 0.15) is 40.9 Å². The summed E-state index contributed by atoms with van der Waals surface area (Å²) in [5, 5.41) is 16.6. The van der Waals surface area contributed by atoms with E-state index in [2.05, 4.69) is 57.9 Å². The average Bonchev–Trinajstić information content (AvgIpc) is 3.17. The van der Waals surface area contributed by atoms with E-state index in [1.165, 1.54) is 11.1 Å². The van der Waals surface area contributed by atoms with Gasteiger partial charge in [0.2, 0.25) is 5.91 Å². The summed E-state index contributed by atoms with van der Waals surface area (Å²) in [6.45, 7) is 6.38. The Bertz CT molecular complexity index is 816. The quantitative estimate of drug-likeness (QED) is 0.606. The number of fused-ring (bicyclic) bond motifs is 1. The molecule has 0 saturated heterocycles. The van der Waals surface area contributed by atoms with Gasteiger partial charge >= 0.3 is 0 Å². The van der Waals surface area contributed by atoms with Crippen LogP contribution in [0.4, 0.5) is 0 Å². The van der Waals surface area contributed by atoms with Crippen LogP contribution in [0.2, 0.25) is 0 Å². The fraction of sp³-hybridized carbons (Fsp3) is 0.474. The molecule has 2 heterocycles. The molecule has 1 amide bonds. The Morgan fingerprint density at radius 3 is 2.74 bits per heavy atom. The molecule has 0 aliphatic carbocycles. The van der Waals surface area contributed by atoms with Gasteiger partial charge in [-0.15, -0.1) is 10.2 Å². The first-order chi connectivity index (χ1) is 13.1. The first-order valence-corrected chi connectivity index (χ1v) is 10.00. The number of nitrogens with one attached hydrogen (secondary N) is 2. The molecule has 2 aromatic rings. The number of rotatable bonds is 5. The number of hydrogen-bond donors (Lipinski definition) is 2. The Morgan fingerprint density at radius 1 is 1.26 bits per heavy atom. The van der Waals surface area contributed by atoms with E-state index in [4.69, 9.17) is 0 Å². The number of amides is 1. The van der Waals surface area contributed by atoms with E-state index in [0.717, 1.165) is 23.0 Å². The lowest BCUT2D eigenvalue weighted by atomic mass is 10.00. The maximum atomic E-state index is 12.5. The maximum absolute atomic E-state index is 12.5. The van der Waals surface area contributed by atoms with Gasteiger partial charge in [0, 0.05) is 26.1 Å². The minimum atomic E-state index is 0.0745. The molecule has 1 aromatic carbocycles. The Balaban J connectivity index is 1.47. The normalized spacial score (nSPS) is 14.2. The molecular formula is C19H26N6OS. The van der Waals surface area contributed by atoms with Crippen molar-refractivity contribution in [2.45, 2.75) is 39.3 Å². The number of nitrogens with zero attached hydrogens (tertiary/aromatic N) is 4. The van der Waals surface area contributed by atoms with Crippen molar-refractivity contribution >= 4 is 23.2 Å². The van der Waals surface area contributed by atoms with E-state index in [1.807, 2.05) is 11.0 Å². The lowest BCUT2D eigenvalue weighted by Crippen LogP contribution is -2.45. The number of aromatic nitrogens is 2. The van der Waals surface area contributed by atoms with E-state index in [-0.39, 0.29) is 12.5 Å². The van der Waals surface area contributed by atoms with Gasteiger partial charge in [-0.05, 0) is 17.5 Å². The molecule has 27 heavy (non-hydrogen) atoms. The van der Waals surface area contributed by atoms with Crippen molar-refractivity contribution < 1.29 is 4.79 Å². The molecule has 7 nitrogen and oxygen atoms in total. The van der Waals surface area contributed by atoms with Gasteiger partial charge in [-0.3, -0.25) is 9.79 Å². The van der Waals surface area contributed by atoms with Crippen LogP contribution in [0.3, 0.4) is 0 Å². The van der Waals surface area contributed by atoms with Crippen LogP contribution in [-0.2, 0) is 24.3 Å². The van der Waals surface area contributed by atoms with Crippen molar-refractivity contribution in [3.05, 3.63) is 45.4 Å². The van der Waals surface area contributed by atoms with Crippen molar-refractivity contribution in [3.63, 3.8) is 0 Å². The maximum Gasteiger partial charge on any atom is 0.242 e. The van der Waals surface area contributed by atoms with Crippen molar-refractivity contribution in [1.82, 2.24) is 25.7 Å². The van der Waals surface area contributed by atoms with E-state index in [1.54, 1.807) is 18.4 Å². The standard InChI is InChI=1S/C19H26N6OS/c1-13(2)18-24-23-16(27-18)10-21-19(20-3)22-11-17(26)25-9-8-14-6-4-5-7-15(14)12-25/h4-7,13H,8-12H2,1-3H3,(H2,20,21,22). The summed E-state index contributed by atoms with van der Waals surface area (Å²) in [6.07, 6.45) is 0.907. The molecule has 0 spiro atoms. The number of carbonyl (C=O) groups is 1. The highest BCUT2D eigenvalue weighted by atomic mass is 32.1. The van der Waals surface area contributed by atoms with Gasteiger partial charge in [0.05, 0.1) is 13.1 Å². The second-order valence-corrected chi connectivity index (χ2v) is 7.90. The van der Waals surface area contributed by atoms with Crippen LogP contribution < -0.4 is 10.6 Å². The summed E-state index contributed by atoms with van der Waals surface area (Å²) in [7, 11) is 1.69. The molecule has 0 unspecified atom stereocenters. The molecule has 144 valence electrons. The minimum Gasteiger partial charge on any atom is -0.350 e. The molecule has 0 atom stereocenters. The lowest BCUT2D eigenvalue weighted by Gasteiger charge is -2.29. The Hall–Kier alpha value is -2.48. The van der Waals surface area contributed by atoms with Crippen LogP contribution >= 0.6 is 11.3 Å². The molecule has 8 heteroatoms. The van der Waals surface area contributed by atoms with Gasteiger partial charge in [-0.2, -0.15) is 0 Å². The topological polar surface area (TPSA) is 82.5 Å². The highest BCUT2D eigenvalue weighted by molar-refractivity contribution is 7.11. The van der Waals surface area contributed by atoms with Gasteiger partial charge in [0.1, 0.15) is 10.0 Å². The Labute approximate surface area is 163 Å².